The summed E-state index contributed by atoms with van der Waals surface area (Å²) in [5.74, 6) is -0.0329. The van der Waals surface area contributed by atoms with E-state index in [2.05, 4.69) is 15.4 Å². The second-order valence-corrected chi connectivity index (χ2v) is 3.97. The number of ketones is 1. The maximum absolute atomic E-state index is 12.1. The second-order valence-electron chi connectivity index (χ2n) is 3.97. The molecule has 0 aliphatic carbocycles. The van der Waals surface area contributed by atoms with Crippen LogP contribution in [0.1, 0.15) is 29.5 Å². The van der Waals surface area contributed by atoms with Gasteiger partial charge in [0.15, 0.2) is 0 Å². The van der Waals surface area contributed by atoms with E-state index < -0.39 is 0 Å². The largest absolute Gasteiger partial charge is 0.325 e. The zero-order chi connectivity index (χ0) is 13.0. The van der Waals surface area contributed by atoms with Crippen molar-refractivity contribution in [2.75, 3.05) is 0 Å². The molecule has 0 aliphatic heterocycles. The lowest BCUT2D eigenvalue weighted by Crippen LogP contribution is -2.16. The Morgan fingerprint density at radius 3 is 3.00 bits per heavy atom. The zero-order valence-electron chi connectivity index (χ0n) is 10.3. The first kappa shape index (κ1) is 12.4. The molecule has 0 bridgehead atoms. The molecule has 0 saturated carbocycles. The third-order valence-corrected chi connectivity index (χ3v) is 2.54. The van der Waals surface area contributed by atoms with E-state index in [9.17, 15) is 4.79 Å². The maximum Gasteiger partial charge on any atom is 0.202 e. The third-order valence-electron chi connectivity index (χ3n) is 2.54. The van der Waals surface area contributed by atoms with Crippen molar-refractivity contribution < 1.29 is 4.79 Å². The fourth-order valence-electron chi connectivity index (χ4n) is 1.70. The molecule has 0 atom stereocenters. The molecule has 2 rings (SSSR count). The summed E-state index contributed by atoms with van der Waals surface area (Å²) in [5, 5.41) is 11.8. The smallest absolute Gasteiger partial charge is 0.202 e. The topological polar surface area (TPSA) is 91.6 Å². The number of carbonyl (C=O) groups is 1. The number of nitrogens with zero attached hydrogens (tertiary/aromatic N) is 5. The zero-order valence-corrected chi connectivity index (χ0v) is 10.3. The molecular weight excluding hydrogens is 232 g/mol. The van der Waals surface area contributed by atoms with E-state index in [1.807, 2.05) is 6.92 Å². The molecule has 96 valence electrons. The standard InChI is InChI=1S/C11H16N6O/c1-2-5-17-10(3-4-13-17)11(18)8-16-7-9(6-12)14-15-16/h3-4,7H,2,5-6,8,12H2,1H3. The number of Topliss-reactive ketones (excluding diaryl/α,β-unsaturated/α-hetero) is 1. The number of aryl methyl sites for hydroxylation is 1. The quantitative estimate of drug-likeness (QED) is 0.739. The van der Waals surface area contributed by atoms with Gasteiger partial charge in [-0.1, -0.05) is 12.1 Å². The molecule has 0 spiro atoms. The Bertz CT molecular complexity index is 529. The highest BCUT2D eigenvalue weighted by Crippen LogP contribution is 2.04. The van der Waals surface area contributed by atoms with Crippen LogP contribution in [0.25, 0.3) is 0 Å². The van der Waals surface area contributed by atoms with Crippen LogP contribution in [0.2, 0.25) is 0 Å². The summed E-state index contributed by atoms with van der Waals surface area (Å²) >= 11 is 0. The molecule has 0 fully saturated rings. The summed E-state index contributed by atoms with van der Waals surface area (Å²) in [5.41, 5.74) is 6.71. The predicted molar refractivity (Wildman–Crippen MR) is 64.8 cm³/mol. The SMILES string of the molecule is CCCn1nccc1C(=O)Cn1cc(CN)nn1. The average molecular weight is 248 g/mol. The average Bonchev–Trinajstić information content (AvgIpc) is 2.98. The van der Waals surface area contributed by atoms with E-state index in [0.29, 0.717) is 17.9 Å². The van der Waals surface area contributed by atoms with Crippen LogP contribution in [0.4, 0.5) is 0 Å². The fraction of sp³-hybridized carbons (Fsp3) is 0.455. The Kier molecular flexibility index (Phi) is 3.83. The van der Waals surface area contributed by atoms with Crippen LogP contribution in [0.5, 0.6) is 0 Å². The molecule has 0 unspecified atom stereocenters. The lowest BCUT2D eigenvalue weighted by Gasteiger charge is -2.04. The van der Waals surface area contributed by atoms with E-state index in [0.717, 1.165) is 13.0 Å². The molecule has 2 aromatic rings. The van der Waals surface area contributed by atoms with E-state index >= 15 is 0 Å². The Hall–Kier alpha value is -2.02. The van der Waals surface area contributed by atoms with Crippen LogP contribution < -0.4 is 5.73 Å². The highest BCUT2D eigenvalue weighted by Gasteiger charge is 2.13. The number of nitrogens with two attached hydrogens (primary N) is 1. The van der Waals surface area contributed by atoms with Crippen LogP contribution >= 0.6 is 0 Å². The van der Waals surface area contributed by atoms with Crippen LogP contribution in [0.15, 0.2) is 18.5 Å². The van der Waals surface area contributed by atoms with Gasteiger partial charge < -0.3 is 5.73 Å². The summed E-state index contributed by atoms with van der Waals surface area (Å²) in [6.45, 7) is 3.25. The van der Waals surface area contributed by atoms with Gasteiger partial charge in [-0.15, -0.1) is 5.10 Å². The number of aromatic nitrogens is 5. The minimum absolute atomic E-state index is 0.0329. The van der Waals surface area contributed by atoms with Crippen molar-refractivity contribution in [3.63, 3.8) is 0 Å². The first-order chi connectivity index (χ1) is 8.74. The van der Waals surface area contributed by atoms with Crippen molar-refractivity contribution in [2.24, 2.45) is 5.73 Å². The molecule has 2 aromatic heterocycles. The minimum atomic E-state index is -0.0329. The fourth-order valence-corrected chi connectivity index (χ4v) is 1.70. The molecular formula is C11H16N6O. The molecule has 0 aromatic carbocycles. The van der Waals surface area contributed by atoms with Crippen molar-refractivity contribution in [3.8, 4) is 0 Å². The van der Waals surface area contributed by atoms with Crippen molar-refractivity contribution in [2.45, 2.75) is 33.0 Å². The van der Waals surface area contributed by atoms with Gasteiger partial charge in [0.25, 0.3) is 0 Å². The Morgan fingerprint density at radius 2 is 2.33 bits per heavy atom. The van der Waals surface area contributed by atoms with Gasteiger partial charge in [-0.25, -0.2) is 4.68 Å². The Balaban J connectivity index is 2.09. The van der Waals surface area contributed by atoms with Crippen molar-refractivity contribution in [3.05, 3.63) is 29.8 Å². The van der Waals surface area contributed by atoms with Gasteiger partial charge in [-0.3, -0.25) is 9.48 Å². The van der Waals surface area contributed by atoms with Crippen LogP contribution in [0, 0.1) is 0 Å². The predicted octanol–water partition coefficient (Wildman–Crippen LogP) is 0.226. The van der Waals surface area contributed by atoms with E-state index in [1.165, 1.54) is 4.68 Å². The monoisotopic (exact) mass is 248 g/mol. The number of rotatable bonds is 6. The summed E-state index contributed by atoms with van der Waals surface area (Å²) in [6.07, 6.45) is 4.25. The minimum Gasteiger partial charge on any atom is -0.325 e. The molecule has 7 nitrogen and oxygen atoms in total. The molecule has 0 aliphatic rings. The normalized spacial score (nSPS) is 10.8. The number of hydrogen-bond acceptors (Lipinski definition) is 5. The molecule has 0 amide bonds. The second kappa shape index (κ2) is 5.54. The van der Waals surface area contributed by atoms with E-state index in [1.54, 1.807) is 23.1 Å². The summed E-state index contributed by atoms with van der Waals surface area (Å²) in [6, 6.07) is 1.72. The van der Waals surface area contributed by atoms with Gasteiger partial charge in [0.1, 0.15) is 12.2 Å². The van der Waals surface area contributed by atoms with Gasteiger partial charge in [-0.05, 0) is 12.5 Å². The number of hydrogen-bond donors (Lipinski definition) is 1. The highest BCUT2D eigenvalue weighted by atomic mass is 16.1. The first-order valence-electron chi connectivity index (χ1n) is 5.88. The summed E-state index contributed by atoms with van der Waals surface area (Å²) in [7, 11) is 0. The summed E-state index contributed by atoms with van der Waals surface area (Å²) < 4.78 is 3.21. The van der Waals surface area contributed by atoms with Gasteiger partial charge in [0.2, 0.25) is 5.78 Å². The van der Waals surface area contributed by atoms with Crippen molar-refractivity contribution in [1.29, 1.82) is 0 Å². The highest BCUT2D eigenvalue weighted by molar-refractivity contribution is 5.94. The lowest BCUT2D eigenvalue weighted by molar-refractivity contribution is 0.0956. The molecule has 2 heterocycles. The van der Waals surface area contributed by atoms with Crippen LogP contribution in [-0.4, -0.2) is 30.6 Å². The number of carbonyl (C=O) groups excluding carboxylic acids is 1. The molecule has 18 heavy (non-hydrogen) atoms. The van der Waals surface area contributed by atoms with Crippen LogP contribution in [-0.2, 0) is 19.6 Å². The lowest BCUT2D eigenvalue weighted by atomic mass is 10.3. The van der Waals surface area contributed by atoms with Crippen molar-refractivity contribution in [1.82, 2.24) is 24.8 Å². The molecule has 0 saturated heterocycles. The molecule has 2 N–H and O–H groups in total. The first-order valence-corrected chi connectivity index (χ1v) is 5.88. The van der Waals surface area contributed by atoms with Gasteiger partial charge >= 0.3 is 0 Å². The van der Waals surface area contributed by atoms with Gasteiger partial charge in [-0.2, -0.15) is 5.10 Å². The Morgan fingerprint density at radius 1 is 1.50 bits per heavy atom. The van der Waals surface area contributed by atoms with Crippen LogP contribution in [0.3, 0.4) is 0 Å². The van der Waals surface area contributed by atoms with Gasteiger partial charge in [0, 0.05) is 19.3 Å². The van der Waals surface area contributed by atoms with E-state index in [-0.39, 0.29) is 12.3 Å². The molecule has 7 heteroatoms. The molecule has 0 radical (unpaired) electrons. The Labute approximate surface area is 105 Å². The van der Waals surface area contributed by atoms with Gasteiger partial charge in [0.05, 0.1) is 11.9 Å². The third kappa shape index (κ3) is 2.62. The maximum atomic E-state index is 12.1. The summed E-state index contributed by atoms with van der Waals surface area (Å²) in [4.78, 5) is 12.1. The van der Waals surface area contributed by atoms with Crippen molar-refractivity contribution >= 4 is 5.78 Å². The van der Waals surface area contributed by atoms with E-state index in [4.69, 9.17) is 5.73 Å².